The first kappa shape index (κ1) is 17.1. The van der Waals surface area contributed by atoms with Crippen LogP contribution < -0.4 is 0 Å². The van der Waals surface area contributed by atoms with Crippen molar-refractivity contribution in [3.63, 3.8) is 0 Å². The molecule has 130 valence electrons. The number of ketones is 2. The Morgan fingerprint density at radius 2 is 1.83 bits per heavy atom. The number of aromatic hydroxyl groups is 1. The standard InChI is InChI=1S/C19H24O5/c1-18(2)16(21)15(17(22)19(3,24-18)10-23-4)14-9-12(20)7-8-13(14)11-5-6-11/h7-9,11,15,20H,5-6,10H2,1-4H3. The predicted octanol–water partition coefficient (Wildman–Crippen LogP) is 2.71. The third kappa shape index (κ3) is 2.76. The number of hydrogen-bond donors (Lipinski definition) is 1. The van der Waals surface area contributed by atoms with Gasteiger partial charge in [-0.05, 0) is 62.8 Å². The fourth-order valence-corrected chi connectivity index (χ4v) is 3.67. The highest BCUT2D eigenvalue weighted by molar-refractivity contribution is 6.15. The zero-order chi connectivity index (χ0) is 17.7. The average Bonchev–Trinajstić information content (AvgIpc) is 3.30. The van der Waals surface area contributed by atoms with E-state index in [2.05, 4.69) is 0 Å². The summed E-state index contributed by atoms with van der Waals surface area (Å²) in [6.45, 7) is 5.11. The first-order valence-electron chi connectivity index (χ1n) is 8.30. The smallest absolute Gasteiger partial charge is 0.181 e. The second-order valence-corrected chi connectivity index (χ2v) is 7.53. The molecule has 0 bridgehead atoms. The fraction of sp³-hybridized carbons (Fsp3) is 0.579. The lowest BCUT2D eigenvalue weighted by Gasteiger charge is -2.44. The molecule has 1 N–H and O–H groups in total. The quantitative estimate of drug-likeness (QED) is 0.858. The monoisotopic (exact) mass is 332 g/mol. The number of phenolic OH excluding ortho intramolecular Hbond substituents is 1. The molecule has 0 spiro atoms. The number of Topliss-reactive ketones (excluding diaryl/α,β-unsaturated/α-hetero) is 2. The molecule has 1 saturated carbocycles. The Morgan fingerprint density at radius 1 is 1.17 bits per heavy atom. The van der Waals surface area contributed by atoms with Crippen LogP contribution in [0.5, 0.6) is 5.75 Å². The van der Waals surface area contributed by atoms with E-state index >= 15 is 0 Å². The third-order valence-corrected chi connectivity index (χ3v) is 4.94. The molecule has 3 rings (SSSR count). The number of phenols is 1. The first-order chi connectivity index (χ1) is 11.2. The molecule has 1 saturated heterocycles. The van der Waals surface area contributed by atoms with Crippen LogP contribution >= 0.6 is 0 Å². The number of ether oxygens (including phenoxy) is 2. The van der Waals surface area contributed by atoms with Crippen molar-refractivity contribution in [3.05, 3.63) is 29.3 Å². The summed E-state index contributed by atoms with van der Waals surface area (Å²) in [5.41, 5.74) is -0.690. The average molecular weight is 332 g/mol. The van der Waals surface area contributed by atoms with Gasteiger partial charge in [-0.1, -0.05) is 6.07 Å². The summed E-state index contributed by atoms with van der Waals surface area (Å²) >= 11 is 0. The fourth-order valence-electron chi connectivity index (χ4n) is 3.67. The lowest BCUT2D eigenvalue weighted by molar-refractivity contribution is -0.195. The Morgan fingerprint density at radius 3 is 2.42 bits per heavy atom. The van der Waals surface area contributed by atoms with Gasteiger partial charge in [0, 0.05) is 7.11 Å². The van der Waals surface area contributed by atoms with Gasteiger partial charge in [-0.15, -0.1) is 0 Å². The van der Waals surface area contributed by atoms with Gasteiger partial charge < -0.3 is 14.6 Å². The SMILES string of the molecule is COCC1(C)OC(C)(C)C(=O)C(c2cc(O)ccc2C2CC2)C1=O. The number of hydrogen-bond acceptors (Lipinski definition) is 5. The van der Waals surface area contributed by atoms with Crippen LogP contribution in [0.25, 0.3) is 0 Å². The summed E-state index contributed by atoms with van der Waals surface area (Å²) in [6.07, 6.45) is 2.09. The molecule has 1 aromatic carbocycles. The topological polar surface area (TPSA) is 72.8 Å². The van der Waals surface area contributed by atoms with E-state index in [1.165, 1.54) is 7.11 Å². The molecule has 0 radical (unpaired) electrons. The minimum atomic E-state index is -1.19. The van der Waals surface area contributed by atoms with E-state index in [9.17, 15) is 14.7 Å². The van der Waals surface area contributed by atoms with E-state index in [4.69, 9.17) is 9.47 Å². The molecule has 0 aromatic heterocycles. The second kappa shape index (κ2) is 5.67. The summed E-state index contributed by atoms with van der Waals surface area (Å²) in [5, 5.41) is 9.93. The summed E-state index contributed by atoms with van der Waals surface area (Å²) in [5.74, 6) is -1.08. The van der Waals surface area contributed by atoms with Crippen molar-refractivity contribution in [3.8, 4) is 5.75 Å². The van der Waals surface area contributed by atoms with Gasteiger partial charge in [-0.25, -0.2) is 0 Å². The van der Waals surface area contributed by atoms with Crippen molar-refractivity contribution in [1.29, 1.82) is 0 Å². The molecule has 5 heteroatoms. The van der Waals surface area contributed by atoms with Gasteiger partial charge in [0.15, 0.2) is 11.6 Å². The van der Waals surface area contributed by atoms with Gasteiger partial charge in [0.05, 0.1) is 6.61 Å². The molecule has 1 heterocycles. The molecule has 2 fully saturated rings. The van der Waals surface area contributed by atoms with Crippen LogP contribution in [0, 0.1) is 0 Å². The maximum atomic E-state index is 13.1. The summed E-state index contributed by atoms with van der Waals surface area (Å²) < 4.78 is 11.0. The highest BCUT2D eigenvalue weighted by atomic mass is 16.6. The normalized spacial score (nSPS) is 29.8. The number of methoxy groups -OCH3 is 1. The summed E-state index contributed by atoms with van der Waals surface area (Å²) in [7, 11) is 1.50. The van der Waals surface area contributed by atoms with Crippen molar-refractivity contribution >= 4 is 11.6 Å². The molecule has 2 aliphatic rings. The van der Waals surface area contributed by atoms with Gasteiger partial charge in [0.2, 0.25) is 0 Å². The number of rotatable bonds is 4. The Kier molecular flexibility index (Phi) is 4.04. The zero-order valence-corrected chi connectivity index (χ0v) is 14.6. The minimum absolute atomic E-state index is 0.0627. The Labute approximate surface area is 142 Å². The van der Waals surface area contributed by atoms with Crippen molar-refractivity contribution < 1.29 is 24.2 Å². The lowest BCUT2D eigenvalue weighted by Crippen LogP contribution is -2.61. The van der Waals surface area contributed by atoms with E-state index < -0.39 is 17.1 Å². The van der Waals surface area contributed by atoms with Crippen LogP contribution in [0.15, 0.2) is 18.2 Å². The van der Waals surface area contributed by atoms with Crippen LogP contribution in [0.1, 0.15) is 56.6 Å². The van der Waals surface area contributed by atoms with Crippen molar-refractivity contribution in [2.75, 3.05) is 13.7 Å². The van der Waals surface area contributed by atoms with Crippen LogP contribution in [-0.4, -0.2) is 41.6 Å². The van der Waals surface area contributed by atoms with Crippen molar-refractivity contribution in [1.82, 2.24) is 0 Å². The second-order valence-electron chi connectivity index (χ2n) is 7.53. The van der Waals surface area contributed by atoms with Crippen LogP contribution in [0.2, 0.25) is 0 Å². The lowest BCUT2D eigenvalue weighted by atomic mass is 9.73. The largest absolute Gasteiger partial charge is 0.508 e. The maximum absolute atomic E-state index is 13.1. The molecule has 1 aromatic rings. The highest BCUT2D eigenvalue weighted by Gasteiger charge is 2.56. The van der Waals surface area contributed by atoms with Crippen molar-refractivity contribution in [2.45, 2.75) is 56.7 Å². The number of benzene rings is 1. The predicted molar refractivity (Wildman–Crippen MR) is 88.3 cm³/mol. The molecule has 1 aliphatic carbocycles. The number of carbonyl (C=O) groups excluding carboxylic acids is 2. The summed E-state index contributed by atoms with van der Waals surface area (Å²) in [6, 6.07) is 5.01. The third-order valence-electron chi connectivity index (χ3n) is 4.94. The Bertz CT molecular complexity index is 689. The molecule has 1 aliphatic heterocycles. The summed E-state index contributed by atoms with van der Waals surface area (Å²) in [4.78, 5) is 26.1. The van der Waals surface area contributed by atoms with Crippen LogP contribution in [0.4, 0.5) is 0 Å². The molecular weight excluding hydrogens is 308 g/mol. The Hall–Kier alpha value is -1.72. The molecule has 2 unspecified atom stereocenters. The Balaban J connectivity index is 2.12. The van der Waals surface area contributed by atoms with Crippen molar-refractivity contribution in [2.24, 2.45) is 0 Å². The van der Waals surface area contributed by atoms with Crippen LogP contribution in [-0.2, 0) is 19.1 Å². The van der Waals surface area contributed by atoms with E-state index in [1.807, 2.05) is 6.07 Å². The van der Waals surface area contributed by atoms with E-state index in [0.29, 0.717) is 11.5 Å². The minimum Gasteiger partial charge on any atom is -0.508 e. The molecule has 0 amide bonds. The van der Waals surface area contributed by atoms with Gasteiger partial charge in [-0.2, -0.15) is 0 Å². The van der Waals surface area contributed by atoms with E-state index in [0.717, 1.165) is 18.4 Å². The highest BCUT2D eigenvalue weighted by Crippen LogP contribution is 2.47. The molecule has 5 nitrogen and oxygen atoms in total. The van der Waals surface area contributed by atoms with E-state index in [1.54, 1.807) is 32.9 Å². The number of carbonyl (C=O) groups is 2. The molecule has 24 heavy (non-hydrogen) atoms. The maximum Gasteiger partial charge on any atom is 0.181 e. The zero-order valence-electron chi connectivity index (χ0n) is 14.6. The van der Waals surface area contributed by atoms with Gasteiger partial charge in [0.25, 0.3) is 0 Å². The van der Waals surface area contributed by atoms with Gasteiger partial charge >= 0.3 is 0 Å². The molecular formula is C19H24O5. The first-order valence-corrected chi connectivity index (χ1v) is 8.30. The molecule has 2 atom stereocenters. The van der Waals surface area contributed by atoms with E-state index in [-0.39, 0.29) is 23.9 Å². The van der Waals surface area contributed by atoms with Gasteiger partial charge in [-0.3, -0.25) is 9.59 Å². The van der Waals surface area contributed by atoms with Gasteiger partial charge in [0.1, 0.15) is 22.9 Å². The van der Waals surface area contributed by atoms with Crippen LogP contribution in [0.3, 0.4) is 0 Å².